The number of hydrogen-bond donors (Lipinski definition) is 14. The minimum absolute atomic E-state index is 0.0601. The van der Waals surface area contributed by atoms with Crippen molar-refractivity contribution in [1.82, 2.24) is 19.5 Å². The van der Waals surface area contributed by atoms with Gasteiger partial charge in [-0.2, -0.15) is 4.98 Å². The Bertz CT molecular complexity index is 1080. The molecule has 3 heterocycles. The molecule has 0 unspecified atom stereocenters. The van der Waals surface area contributed by atoms with Crippen LogP contribution >= 0.6 is 23.5 Å². The van der Waals surface area contributed by atoms with Gasteiger partial charge in [-0.15, -0.1) is 0 Å². The number of hydrogen-bond acceptors (Lipinski definition) is 11. The molecule has 16 N–H and O–H groups in total. The number of H-pyrrole nitrogens is 1. The van der Waals surface area contributed by atoms with E-state index < -0.39 is 53.5 Å². The first-order valence-electron chi connectivity index (χ1n) is 8.30. The molecule has 2 aromatic heterocycles. The highest BCUT2D eigenvalue weighted by Gasteiger charge is 2.42. The lowest BCUT2D eigenvalue weighted by Gasteiger charge is -2.17. The number of phosphoric acid groups is 3. The van der Waals surface area contributed by atoms with Crippen molar-refractivity contribution in [2.24, 2.45) is 5.73 Å². The third kappa shape index (κ3) is 14.5. The Morgan fingerprint density at radius 1 is 1.00 bits per heavy atom. The number of nitrogens with zero attached hydrogens (tertiary/aromatic N) is 3. The smallest absolute Gasteiger partial charge is 0.394 e. The Morgan fingerprint density at radius 2 is 1.43 bits per heavy atom. The number of rotatable bonds is 2. The van der Waals surface area contributed by atoms with Gasteiger partial charge in [-0.05, 0) is 0 Å². The van der Waals surface area contributed by atoms with Gasteiger partial charge in [0.15, 0.2) is 17.4 Å². The summed E-state index contributed by atoms with van der Waals surface area (Å²) in [6.45, 7) is -0.367. The van der Waals surface area contributed by atoms with E-state index in [-0.39, 0.29) is 23.7 Å². The molecule has 25 heteroatoms. The van der Waals surface area contributed by atoms with E-state index in [1.807, 2.05) is 0 Å². The first-order valence-corrected chi connectivity index (χ1v) is 13.0. The third-order valence-electron chi connectivity index (χ3n) is 3.32. The summed E-state index contributed by atoms with van der Waals surface area (Å²) in [5.41, 5.74) is 11.2. The van der Waals surface area contributed by atoms with Crippen LogP contribution < -0.4 is 17.0 Å². The van der Waals surface area contributed by atoms with Crippen LogP contribution in [0.5, 0.6) is 0 Å². The van der Waals surface area contributed by atoms with Crippen LogP contribution in [0.25, 0.3) is 11.2 Å². The van der Waals surface area contributed by atoms with Crippen molar-refractivity contribution < 1.29 is 72.7 Å². The molecular formula is C10H23N6O16P3. The fourth-order valence-electron chi connectivity index (χ4n) is 2.30. The predicted octanol–water partition coefficient (Wildman–Crippen LogP) is -5.51. The van der Waals surface area contributed by atoms with Crippen LogP contribution in [0.15, 0.2) is 11.1 Å². The summed E-state index contributed by atoms with van der Waals surface area (Å²) in [6.07, 6.45) is -1.28. The molecule has 0 aromatic carbocycles. The van der Waals surface area contributed by atoms with Gasteiger partial charge in [-0.1, -0.05) is 0 Å². The van der Waals surface area contributed by atoms with Gasteiger partial charge >= 0.3 is 23.5 Å². The number of fused-ring (bicyclic) bond motifs is 1. The van der Waals surface area contributed by atoms with Crippen molar-refractivity contribution >= 4 is 40.6 Å². The van der Waals surface area contributed by atoms with Crippen LogP contribution in [-0.2, 0) is 18.4 Å². The maximum atomic E-state index is 11.7. The zero-order chi connectivity index (χ0) is 27.9. The number of nitrogens with two attached hydrogens (primary N) is 2. The lowest BCUT2D eigenvalue weighted by atomic mass is 10.1. The third-order valence-corrected chi connectivity index (χ3v) is 3.32. The van der Waals surface area contributed by atoms with Crippen LogP contribution in [0.3, 0.4) is 0 Å². The summed E-state index contributed by atoms with van der Waals surface area (Å²) >= 11 is 0. The molecular weight excluding hydrogens is 553 g/mol. The molecule has 1 aliphatic rings. The Balaban J connectivity index is 0.000000635. The van der Waals surface area contributed by atoms with E-state index in [0.717, 1.165) is 0 Å². The molecule has 1 fully saturated rings. The fraction of sp³-hybridized carbons (Fsp3) is 0.500. The van der Waals surface area contributed by atoms with Gasteiger partial charge in [0.05, 0.1) is 19.0 Å². The molecule has 2 aromatic rings. The number of nitrogens with one attached hydrogen (secondary N) is 1. The summed E-state index contributed by atoms with van der Waals surface area (Å²) in [5, 5.41) is 19.0. The quantitative estimate of drug-likeness (QED) is 0.148. The van der Waals surface area contributed by atoms with Crippen LogP contribution in [0.2, 0.25) is 0 Å². The largest absolute Gasteiger partial charge is 0.466 e. The SMILES string of the molecule is Nc1nc2c(ncn2[C@@H]2O[C@H](CO)[C@@H](O)[C@@H]2N)c(=O)[nH]1.O=P(O)(O)O.O=P(O)(O)O.O=P(O)(O)O. The van der Waals surface area contributed by atoms with Gasteiger partial charge in [0, 0.05) is 0 Å². The maximum absolute atomic E-state index is 11.7. The number of anilines is 1. The number of aromatic amines is 1. The molecule has 4 atom stereocenters. The van der Waals surface area contributed by atoms with E-state index in [1.54, 1.807) is 0 Å². The average molecular weight is 576 g/mol. The lowest BCUT2D eigenvalue weighted by molar-refractivity contribution is -0.0437. The van der Waals surface area contributed by atoms with E-state index >= 15 is 0 Å². The number of nitrogen functional groups attached to an aromatic ring is 1. The monoisotopic (exact) mass is 576 g/mol. The molecule has 0 amide bonds. The highest BCUT2D eigenvalue weighted by Crippen LogP contribution is 2.29. The Labute approximate surface area is 192 Å². The number of ether oxygens (including phenoxy) is 1. The lowest BCUT2D eigenvalue weighted by Crippen LogP contribution is -2.39. The highest BCUT2D eigenvalue weighted by atomic mass is 31.2. The first-order chi connectivity index (χ1) is 15.5. The summed E-state index contributed by atoms with van der Waals surface area (Å²) in [7, 11) is -13.9. The molecule has 0 aliphatic carbocycles. The number of aromatic nitrogens is 4. The highest BCUT2D eigenvalue weighted by molar-refractivity contribution is 7.45. The van der Waals surface area contributed by atoms with Gasteiger partial charge in [-0.25, -0.2) is 18.7 Å². The average Bonchev–Trinajstić information content (AvgIpc) is 3.12. The van der Waals surface area contributed by atoms with Crippen molar-refractivity contribution in [2.45, 2.75) is 24.5 Å². The summed E-state index contributed by atoms with van der Waals surface area (Å²) in [4.78, 5) is 86.6. The number of imidazole rings is 1. The minimum Gasteiger partial charge on any atom is -0.394 e. The van der Waals surface area contributed by atoms with E-state index in [1.165, 1.54) is 10.9 Å². The van der Waals surface area contributed by atoms with Crippen molar-refractivity contribution in [3.05, 3.63) is 16.7 Å². The first kappa shape index (κ1) is 33.3. The molecule has 1 saturated heterocycles. The molecule has 1 aliphatic heterocycles. The van der Waals surface area contributed by atoms with Gasteiger partial charge in [0.1, 0.15) is 12.2 Å². The van der Waals surface area contributed by atoms with Crippen LogP contribution in [0.4, 0.5) is 5.95 Å². The second-order valence-electron chi connectivity index (χ2n) is 6.13. The van der Waals surface area contributed by atoms with Crippen molar-refractivity contribution in [3.63, 3.8) is 0 Å². The number of aliphatic hydroxyl groups excluding tert-OH is 2. The fourth-order valence-corrected chi connectivity index (χ4v) is 2.30. The normalized spacial score (nSPS) is 22.3. The molecule has 0 radical (unpaired) electrons. The minimum atomic E-state index is -4.64. The second kappa shape index (κ2) is 13.0. The van der Waals surface area contributed by atoms with Crippen LogP contribution in [-0.4, -0.2) is 98.6 Å². The molecule has 3 rings (SSSR count). The van der Waals surface area contributed by atoms with E-state index in [0.29, 0.717) is 0 Å². The van der Waals surface area contributed by atoms with Crippen molar-refractivity contribution in [1.29, 1.82) is 0 Å². The zero-order valence-corrected chi connectivity index (χ0v) is 19.6. The van der Waals surface area contributed by atoms with Crippen LogP contribution in [0.1, 0.15) is 6.23 Å². The summed E-state index contributed by atoms with van der Waals surface area (Å²) < 4.78 is 33.5. The Morgan fingerprint density at radius 3 is 1.80 bits per heavy atom. The molecule has 35 heavy (non-hydrogen) atoms. The molecule has 0 spiro atoms. The maximum Gasteiger partial charge on any atom is 0.466 e. The predicted molar refractivity (Wildman–Crippen MR) is 110 cm³/mol. The van der Waals surface area contributed by atoms with Gasteiger partial charge in [0.25, 0.3) is 5.56 Å². The second-order valence-corrected chi connectivity index (χ2v) is 9.21. The van der Waals surface area contributed by atoms with Gasteiger partial charge in [-0.3, -0.25) is 14.3 Å². The topological polar surface area (TPSA) is 399 Å². The van der Waals surface area contributed by atoms with Gasteiger partial charge < -0.3 is 70.5 Å². The van der Waals surface area contributed by atoms with Gasteiger partial charge in [0.2, 0.25) is 5.95 Å². The zero-order valence-electron chi connectivity index (χ0n) is 16.9. The Kier molecular flexibility index (Phi) is 12.4. The summed E-state index contributed by atoms with van der Waals surface area (Å²) in [5.74, 6) is -0.0601. The number of aliphatic hydroxyl groups is 2. The van der Waals surface area contributed by atoms with E-state index in [4.69, 9.17) is 79.0 Å². The molecule has 204 valence electrons. The van der Waals surface area contributed by atoms with E-state index in [2.05, 4.69) is 15.0 Å². The summed E-state index contributed by atoms with van der Waals surface area (Å²) in [6, 6.07) is -0.785. The standard InChI is InChI=1S/C10H14N6O4.3H3O4P/c11-4-6(18)3(1-17)20-9(4)16-2-13-5-7(16)14-10(12)15-8(5)19;3*1-5(2,3)4/h2-4,6,9,17-18H,1,11H2,(H3,12,14,15,19);3*(H3,1,2,3,4)/t3-,4+,6-,9-;;;/m1.../s1. The van der Waals surface area contributed by atoms with Crippen LogP contribution in [0, 0.1) is 0 Å². The van der Waals surface area contributed by atoms with E-state index in [9.17, 15) is 9.90 Å². The van der Waals surface area contributed by atoms with Crippen molar-refractivity contribution in [3.8, 4) is 0 Å². The Hall–Kier alpha value is -1.68. The molecule has 0 saturated carbocycles. The molecule has 0 bridgehead atoms. The van der Waals surface area contributed by atoms with Crippen molar-refractivity contribution in [2.75, 3.05) is 12.3 Å². The molecule has 22 nitrogen and oxygen atoms in total.